The Morgan fingerprint density at radius 3 is 2.74 bits per heavy atom. The lowest BCUT2D eigenvalue weighted by molar-refractivity contribution is -0.127. The smallest absolute Gasteiger partial charge is 0.255 e. The van der Waals surface area contributed by atoms with Gasteiger partial charge in [0, 0.05) is 37.1 Å². The number of aromatic nitrogens is 1. The van der Waals surface area contributed by atoms with Gasteiger partial charge in [0.15, 0.2) is 0 Å². The Bertz CT molecular complexity index is 720. The summed E-state index contributed by atoms with van der Waals surface area (Å²) in [4.78, 5) is 27.2. The highest BCUT2D eigenvalue weighted by Gasteiger charge is 2.26. The van der Waals surface area contributed by atoms with Crippen LogP contribution in [0.2, 0.25) is 0 Å². The third kappa shape index (κ3) is 3.30. The fourth-order valence-electron chi connectivity index (χ4n) is 2.51. The predicted octanol–water partition coefficient (Wildman–Crippen LogP) is 2.15. The average Bonchev–Trinajstić information content (AvgIpc) is 3.18. The van der Waals surface area contributed by atoms with E-state index in [1.54, 1.807) is 25.4 Å². The van der Waals surface area contributed by atoms with Crippen LogP contribution >= 0.6 is 23.1 Å². The van der Waals surface area contributed by atoms with Crippen LogP contribution in [0.15, 0.2) is 24.5 Å². The van der Waals surface area contributed by atoms with Crippen LogP contribution in [0.5, 0.6) is 0 Å². The summed E-state index contributed by atoms with van der Waals surface area (Å²) in [6.45, 7) is 0.0241. The Labute approximate surface area is 143 Å². The Hall–Kier alpha value is -1.73. The van der Waals surface area contributed by atoms with Crippen molar-refractivity contribution in [3.05, 3.63) is 40.5 Å². The number of nitrogens with zero attached hydrogens (tertiary/aromatic N) is 2. The molecule has 0 aromatic carbocycles. The van der Waals surface area contributed by atoms with Gasteiger partial charge in [-0.05, 0) is 29.9 Å². The molecular formula is C16H19N3O2S2. The molecular weight excluding hydrogens is 330 g/mol. The molecule has 1 aliphatic rings. The number of thiophene rings is 1. The van der Waals surface area contributed by atoms with Crippen LogP contribution < -0.4 is 5.32 Å². The molecule has 1 N–H and O–H groups in total. The summed E-state index contributed by atoms with van der Waals surface area (Å²) >= 11 is 3.57. The van der Waals surface area contributed by atoms with Crippen molar-refractivity contribution in [2.75, 3.05) is 26.4 Å². The van der Waals surface area contributed by atoms with Gasteiger partial charge in [-0.3, -0.25) is 9.59 Å². The van der Waals surface area contributed by atoms with Crippen molar-refractivity contribution in [1.29, 1.82) is 0 Å². The minimum atomic E-state index is -0.159. The molecule has 0 fully saturated rings. The number of amides is 2. The van der Waals surface area contributed by atoms with E-state index in [4.69, 9.17) is 0 Å². The van der Waals surface area contributed by atoms with Gasteiger partial charge in [0.1, 0.15) is 5.00 Å². The van der Waals surface area contributed by atoms with Crippen LogP contribution in [0.4, 0.5) is 0 Å². The molecule has 3 heterocycles. The number of hydrogen-bond donors (Lipinski definition) is 1. The van der Waals surface area contributed by atoms with Gasteiger partial charge >= 0.3 is 0 Å². The average molecular weight is 349 g/mol. The second-order valence-corrected chi connectivity index (χ2v) is 7.74. The number of thioether (sulfide) groups is 1. The first-order chi connectivity index (χ1) is 11.1. The first-order valence-corrected chi connectivity index (χ1v) is 9.39. The number of carbonyl (C=O) groups is 2. The van der Waals surface area contributed by atoms with Crippen molar-refractivity contribution >= 4 is 34.9 Å². The lowest BCUT2D eigenvalue weighted by atomic mass is 10.1. The number of carbonyl (C=O) groups excluding carboxylic acids is 2. The zero-order valence-corrected chi connectivity index (χ0v) is 14.8. The highest BCUT2D eigenvalue weighted by molar-refractivity contribution is 7.98. The molecule has 2 aromatic rings. The molecule has 1 aliphatic heterocycles. The van der Waals surface area contributed by atoms with Gasteiger partial charge in [-0.1, -0.05) is 0 Å². The summed E-state index contributed by atoms with van der Waals surface area (Å²) in [5, 5.41) is 3.72. The van der Waals surface area contributed by atoms with Crippen LogP contribution in [0.25, 0.3) is 5.00 Å². The largest absolute Gasteiger partial charge is 0.347 e. The van der Waals surface area contributed by atoms with Crippen LogP contribution in [-0.2, 0) is 17.0 Å². The summed E-state index contributed by atoms with van der Waals surface area (Å²) in [7, 11) is 3.37. The van der Waals surface area contributed by atoms with Crippen molar-refractivity contribution < 1.29 is 9.59 Å². The molecule has 23 heavy (non-hydrogen) atoms. The molecule has 0 saturated carbocycles. The minimum absolute atomic E-state index is 0.0241. The maximum atomic E-state index is 12.7. The Kier molecular flexibility index (Phi) is 4.77. The molecule has 2 amide bonds. The number of rotatable bonds is 4. The van der Waals surface area contributed by atoms with E-state index in [0.29, 0.717) is 0 Å². The van der Waals surface area contributed by atoms with E-state index in [1.807, 2.05) is 40.9 Å². The number of nitrogens with one attached hydrogen (secondary N) is 1. The normalized spacial score (nSPS) is 13.5. The quantitative estimate of drug-likeness (QED) is 0.920. The Morgan fingerprint density at radius 2 is 2.04 bits per heavy atom. The fourth-order valence-corrected chi connectivity index (χ4v) is 4.95. The van der Waals surface area contributed by atoms with Gasteiger partial charge < -0.3 is 14.8 Å². The highest BCUT2D eigenvalue weighted by Crippen LogP contribution is 2.38. The standard InChI is InChI=1S/C16H19N3O2S2/c1-18(2)13(20)9-17-15(21)14-11-5-8-22-10-12(11)23-16(14)19-6-3-4-7-19/h3-4,6-7H,5,8-10H2,1-2H3,(H,17,21). The van der Waals surface area contributed by atoms with Gasteiger partial charge in [0.25, 0.3) is 5.91 Å². The van der Waals surface area contributed by atoms with Gasteiger partial charge in [-0.2, -0.15) is 11.8 Å². The zero-order chi connectivity index (χ0) is 16.4. The second kappa shape index (κ2) is 6.80. The molecule has 0 bridgehead atoms. The first-order valence-electron chi connectivity index (χ1n) is 7.42. The highest BCUT2D eigenvalue weighted by atomic mass is 32.2. The van der Waals surface area contributed by atoms with Crippen molar-refractivity contribution in [2.45, 2.75) is 12.2 Å². The Morgan fingerprint density at radius 1 is 1.30 bits per heavy atom. The maximum Gasteiger partial charge on any atom is 0.255 e. The third-order valence-corrected chi connectivity index (χ3v) is 6.18. The molecule has 0 saturated heterocycles. The van der Waals surface area contributed by atoms with E-state index in [-0.39, 0.29) is 18.4 Å². The predicted molar refractivity (Wildman–Crippen MR) is 94.5 cm³/mol. The monoisotopic (exact) mass is 349 g/mol. The van der Waals surface area contributed by atoms with Crippen LogP contribution in [0.3, 0.4) is 0 Å². The minimum Gasteiger partial charge on any atom is -0.347 e. The molecule has 3 rings (SSSR count). The van der Waals surface area contributed by atoms with Gasteiger partial charge in [-0.25, -0.2) is 0 Å². The lowest BCUT2D eigenvalue weighted by Crippen LogP contribution is -2.36. The van der Waals surface area contributed by atoms with Crippen molar-refractivity contribution in [3.63, 3.8) is 0 Å². The maximum absolute atomic E-state index is 12.7. The van der Waals surface area contributed by atoms with Crippen LogP contribution in [0.1, 0.15) is 20.8 Å². The molecule has 5 nitrogen and oxygen atoms in total. The molecule has 122 valence electrons. The molecule has 0 atom stereocenters. The second-order valence-electron chi connectivity index (χ2n) is 5.55. The van der Waals surface area contributed by atoms with Crippen molar-refractivity contribution in [3.8, 4) is 5.00 Å². The van der Waals surface area contributed by atoms with Crippen molar-refractivity contribution in [2.24, 2.45) is 0 Å². The molecule has 0 radical (unpaired) electrons. The summed E-state index contributed by atoms with van der Waals surface area (Å²) < 4.78 is 1.98. The van der Waals surface area contributed by atoms with Gasteiger partial charge in [-0.15, -0.1) is 11.3 Å². The van der Waals surface area contributed by atoms with E-state index >= 15 is 0 Å². The molecule has 0 spiro atoms. The molecule has 2 aromatic heterocycles. The first kappa shape index (κ1) is 16.1. The van der Waals surface area contributed by atoms with Gasteiger partial charge in [0.2, 0.25) is 5.91 Å². The lowest BCUT2D eigenvalue weighted by Gasteiger charge is -2.14. The molecule has 0 unspecified atom stereocenters. The summed E-state index contributed by atoms with van der Waals surface area (Å²) in [6.07, 6.45) is 4.81. The topological polar surface area (TPSA) is 54.3 Å². The van der Waals surface area contributed by atoms with Crippen LogP contribution in [-0.4, -0.2) is 47.7 Å². The molecule has 7 heteroatoms. The fraction of sp³-hybridized carbons (Fsp3) is 0.375. The third-order valence-electron chi connectivity index (χ3n) is 3.77. The summed E-state index contributed by atoms with van der Waals surface area (Å²) in [6, 6.07) is 3.90. The van der Waals surface area contributed by atoms with Crippen LogP contribution in [0, 0.1) is 0 Å². The zero-order valence-electron chi connectivity index (χ0n) is 13.2. The SMILES string of the molecule is CN(C)C(=O)CNC(=O)c1c(-n2cccc2)sc2c1CCSC2. The van der Waals surface area contributed by atoms with E-state index < -0.39 is 0 Å². The number of likely N-dealkylation sites (N-methyl/N-ethyl adjacent to an activating group) is 1. The molecule has 0 aliphatic carbocycles. The number of hydrogen-bond acceptors (Lipinski definition) is 4. The number of fused-ring (bicyclic) bond motifs is 1. The van der Waals surface area contributed by atoms with E-state index in [2.05, 4.69) is 5.32 Å². The Balaban J connectivity index is 1.92. The van der Waals surface area contributed by atoms with E-state index in [0.717, 1.165) is 34.1 Å². The van der Waals surface area contributed by atoms with Gasteiger partial charge in [0.05, 0.1) is 12.1 Å². The summed E-state index contributed by atoms with van der Waals surface area (Å²) in [5.74, 6) is 1.72. The van der Waals surface area contributed by atoms with E-state index in [9.17, 15) is 9.59 Å². The summed E-state index contributed by atoms with van der Waals surface area (Å²) in [5.41, 5.74) is 1.88. The van der Waals surface area contributed by atoms with E-state index in [1.165, 1.54) is 9.78 Å². The van der Waals surface area contributed by atoms with Crippen molar-refractivity contribution in [1.82, 2.24) is 14.8 Å².